The van der Waals surface area contributed by atoms with Crippen LogP contribution in [0.1, 0.15) is 35.6 Å². The summed E-state index contributed by atoms with van der Waals surface area (Å²) in [4.78, 5) is 1.63. The van der Waals surface area contributed by atoms with Crippen molar-refractivity contribution in [2.24, 2.45) is 0 Å². The summed E-state index contributed by atoms with van der Waals surface area (Å²) in [6.07, 6.45) is 1.11. The highest BCUT2D eigenvalue weighted by atomic mass is 16.5. The average Bonchev–Trinajstić information content (AvgIpc) is 2.82. The van der Waals surface area contributed by atoms with E-state index in [1.165, 1.54) is 0 Å². The van der Waals surface area contributed by atoms with Gasteiger partial charge in [-0.1, -0.05) is 42.2 Å². The van der Waals surface area contributed by atoms with E-state index in [2.05, 4.69) is 24.0 Å². The Labute approximate surface area is 159 Å². The van der Waals surface area contributed by atoms with Crippen LogP contribution in [0.25, 0.3) is 0 Å². The molecular weight excluding hydrogens is 338 g/mol. The van der Waals surface area contributed by atoms with Crippen molar-refractivity contribution in [3.05, 3.63) is 64.7 Å². The zero-order valence-corrected chi connectivity index (χ0v) is 15.4. The molecule has 1 aliphatic rings. The normalized spacial score (nSPS) is 13.4. The van der Waals surface area contributed by atoms with Crippen LogP contribution in [0, 0.1) is 22.7 Å². The average molecular weight is 361 g/mol. The molecule has 27 heavy (non-hydrogen) atoms. The number of ether oxygens (including phenoxy) is 1. The first-order valence-electron chi connectivity index (χ1n) is 8.90. The fourth-order valence-electron chi connectivity index (χ4n) is 3.23. The maximum Gasteiger partial charge on any atom is 0.132 e. The molecule has 3 rings (SSSR count). The summed E-state index contributed by atoms with van der Waals surface area (Å²) >= 11 is 0. The second-order valence-corrected chi connectivity index (χ2v) is 6.39. The van der Waals surface area contributed by atoms with Crippen molar-refractivity contribution in [1.29, 1.82) is 10.8 Å². The number of hydrogen-bond acceptors (Lipinski definition) is 4. The Balaban J connectivity index is 2.15. The highest BCUT2D eigenvalue weighted by Gasteiger charge is 2.25. The molecule has 1 aliphatic heterocycles. The Hall–Kier alpha value is -2.94. The van der Waals surface area contributed by atoms with Gasteiger partial charge in [-0.25, -0.2) is 0 Å². The van der Waals surface area contributed by atoms with Crippen LogP contribution >= 0.6 is 0 Å². The minimum Gasteiger partial charge on any atom is -0.395 e. The molecule has 0 aromatic heterocycles. The van der Waals surface area contributed by atoms with Gasteiger partial charge in [-0.05, 0) is 36.6 Å². The maximum absolute atomic E-state index is 9.03. The first-order valence-corrected chi connectivity index (χ1v) is 8.90. The lowest BCUT2D eigenvalue weighted by molar-refractivity contribution is 0.159. The largest absolute Gasteiger partial charge is 0.395 e. The van der Waals surface area contributed by atoms with Gasteiger partial charge in [0.15, 0.2) is 0 Å². The van der Waals surface area contributed by atoms with E-state index in [1.807, 2.05) is 30.3 Å². The van der Waals surface area contributed by atoms with Crippen LogP contribution < -0.4 is 4.90 Å². The highest BCUT2D eigenvalue weighted by Crippen LogP contribution is 2.32. The Morgan fingerprint density at radius 3 is 2.67 bits per heavy atom. The number of rotatable bonds is 3. The second-order valence-electron chi connectivity index (χ2n) is 6.39. The van der Waals surface area contributed by atoms with Crippen LogP contribution in [0.2, 0.25) is 0 Å². The fourth-order valence-corrected chi connectivity index (χ4v) is 3.23. The fraction of sp³-hybridized carbons (Fsp3) is 0.273. The van der Waals surface area contributed by atoms with Gasteiger partial charge in [0.2, 0.25) is 0 Å². The van der Waals surface area contributed by atoms with Crippen molar-refractivity contribution in [1.82, 2.24) is 0 Å². The van der Waals surface area contributed by atoms with E-state index in [-0.39, 0.29) is 24.9 Å². The van der Waals surface area contributed by atoms with E-state index in [4.69, 9.17) is 20.7 Å². The van der Waals surface area contributed by atoms with Gasteiger partial charge in [0.25, 0.3) is 0 Å². The quantitative estimate of drug-likeness (QED) is 0.446. The van der Waals surface area contributed by atoms with Crippen LogP contribution in [0.4, 0.5) is 5.69 Å². The van der Waals surface area contributed by atoms with Gasteiger partial charge in [0, 0.05) is 17.5 Å². The minimum absolute atomic E-state index is 0.0347. The summed E-state index contributed by atoms with van der Waals surface area (Å²) in [5, 5.41) is 25.4. The van der Waals surface area contributed by atoms with E-state index in [1.54, 1.807) is 11.8 Å². The molecule has 0 aliphatic carbocycles. The van der Waals surface area contributed by atoms with Gasteiger partial charge >= 0.3 is 0 Å². The van der Waals surface area contributed by atoms with Crippen LogP contribution in [-0.4, -0.2) is 30.0 Å². The molecule has 138 valence electrons. The summed E-state index contributed by atoms with van der Waals surface area (Å²) in [6.45, 7) is 2.25. The monoisotopic (exact) mass is 361 g/mol. The second kappa shape index (κ2) is 8.63. The van der Waals surface area contributed by atoms with Crippen molar-refractivity contribution in [2.45, 2.75) is 26.4 Å². The number of fused-ring (bicyclic) bond motifs is 1. The number of amidine groups is 2. The van der Waals surface area contributed by atoms with Crippen molar-refractivity contribution in [3.63, 3.8) is 0 Å². The van der Waals surface area contributed by atoms with Crippen LogP contribution in [0.3, 0.4) is 0 Å². The smallest absolute Gasteiger partial charge is 0.132 e. The molecule has 5 heteroatoms. The molecule has 0 radical (unpaired) electrons. The van der Waals surface area contributed by atoms with Crippen molar-refractivity contribution >= 4 is 17.4 Å². The Morgan fingerprint density at radius 2 is 1.96 bits per heavy atom. The summed E-state index contributed by atoms with van der Waals surface area (Å²) < 4.78 is 5.72. The van der Waals surface area contributed by atoms with Gasteiger partial charge < -0.3 is 9.84 Å². The Morgan fingerprint density at radius 1 is 1.19 bits per heavy atom. The predicted octanol–water partition coefficient (Wildman–Crippen LogP) is 3.32. The van der Waals surface area contributed by atoms with E-state index in [9.17, 15) is 0 Å². The summed E-state index contributed by atoms with van der Waals surface area (Å²) in [5.74, 6) is 6.72. The molecule has 0 spiro atoms. The van der Waals surface area contributed by atoms with Crippen molar-refractivity contribution in [2.75, 3.05) is 18.1 Å². The van der Waals surface area contributed by atoms with E-state index in [0.717, 1.165) is 27.9 Å². The summed E-state index contributed by atoms with van der Waals surface area (Å²) in [5.41, 5.74) is 4.87. The number of nitrogens with zero attached hydrogens (tertiary/aromatic N) is 1. The topological polar surface area (TPSA) is 80.4 Å². The summed E-state index contributed by atoms with van der Waals surface area (Å²) in [6, 6.07) is 14.0. The standard InChI is InChI=1S/C22H23N3O2/c1-16(23)25-21-11-10-18(9-5-6-12-26)19(13-17-7-3-2-4-8-17)20(21)14-27-15-22(25)24/h2-4,7-8,10-11,23-24,26H,6,12-15H2,1H3. The molecular formula is C22H23N3O2. The van der Waals surface area contributed by atoms with Crippen molar-refractivity contribution < 1.29 is 9.84 Å². The molecule has 0 atom stereocenters. The molecule has 5 nitrogen and oxygen atoms in total. The molecule has 0 fully saturated rings. The molecule has 0 amide bonds. The molecule has 3 N–H and O–H groups in total. The summed E-state index contributed by atoms with van der Waals surface area (Å²) in [7, 11) is 0. The van der Waals surface area contributed by atoms with Crippen LogP contribution in [-0.2, 0) is 17.8 Å². The number of benzene rings is 2. The molecule has 0 unspecified atom stereocenters. The highest BCUT2D eigenvalue weighted by molar-refractivity contribution is 6.17. The van der Waals surface area contributed by atoms with Gasteiger partial charge in [0.05, 0.1) is 18.9 Å². The molecule has 2 aromatic carbocycles. The van der Waals surface area contributed by atoms with Gasteiger partial charge in [-0.15, -0.1) is 0 Å². The van der Waals surface area contributed by atoms with Gasteiger partial charge in [0.1, 0.15) is 18.3 Å². The zero-order chi connectivity index (χ0) is 19.2. The molecule has 0 bridgehead atoms. The lowest BCUT2D eigenvalue weighted by atomic mass is 9.93. The lowest BCUT2D eigenvalue weighted by Gasteiger charge is -2.24. The van der Waals surface area contributed by atoms with Gasteiger partial charge in [-0.2, -0.15) is 0 Å². The Bertz CT molecular complexity index is 910. The predicted molar refractivity (Wildman–Crippen MR) is 108 cm³/mol. The van der Waals surface area contributed by atoms with Crippen LogP contribution in [0.15, 0.2) is 42.5 Å². The molecule has 1 heterocycles. The third-order valence-corrected chi connectivity index (χ3v) is 4.42. The SMILES string of the molecule is CC(=N)N1C(=N)COCc2c1ccc(C#CCCO)c2Cc1ccccc1. The molecule has 0 saturated carbocycles. The molecule has 0 saturated heterocycles. The first-order chi connectivity index (χ1) is 13.1. The lowest BCUT2D eigenvalue weighted by Crippen LogP contribution is -2.36. The maximum atomic E-state index is 9.03. The number of aliphatic hydroxyl groups is 1. The number of anilines is 1. The van der Waals surface area contributed by atoms with E-state index >= 15 is 0 Å². The minimum atomic E-state index is 0.0347. The van der Waals surface area contributed by atoms with E-state index in [0.29, 0.717) is 19.4 Å². The van der Waals surface area contributed by atoms with Crippen molar-refractivity contribution in [3.8, 4) is 11.8 Å². The van der Waals surface area contributed by atoms with Crippen LogP contribution in [0.5, 0.6) is 0 Å². The third-order valence-electron chi connectivity index (χ3n) is 4.42. The first kappa shape index (κ1) is 18.8. The molecule has 2 aromatic rings. The number of nitrogens with one attached hydrogen (secondary N) is 2. The number of aliphatic hydroxyl groups excluding tert-OH is 1. The Kier molecular flexibility index (Phi) is 6.02. The zero-order valence-electron chi connectivity index (χ0n) is 15.4. The third kappa shape index (κ3) is 4.25. The van der Waals surface area contributed by atoms with E-state index < -0.39 is 0 Å². The van der Waals surface area contributed by atoms with Gasteiger partial charge in [-0.3, -0.25) is 15.7 Å². The number of hydrogen-bond donors (Lipinski definition) is 3.